The van der Waals surface area contributed by atoms with Crippen molar-refractivity contribution in [1.29, 1.82) is 0 Å². The molecule has 0 rings (SSSR count). The molecule has 0 saturated heterocycles. The Kier molecular flexibility index (Phi) is 31.1. The van der Waals surface area contributed by atoms with Crippen molar-refractivity contribution in [3.63, 3.8) is 0 Å². The Bertz CT molecular complexity index is 24.3. The first-order valence-corrected chi connectivity index (χ1v) is 0.400. The summed E-state index contributed by atoms with van der Waals surface area (Å²) >= 11 is 0. The maximum absolute atomic E-state index is 6.75. The van der Waals surface area contributed by atoms with Gasteiger partial charge in [0.2, 0.25) is 0 Å². The predicted octanol–water partition coefficient (Wildman–Crippen LogP) is 0.864. The zero-order chi connectivity index (χ0) is 2.71. The Hall–Kier alpha value is -0.158. The SMILES string of the molecule is [Cr].[N-]=[N+]=[N-]. The molecule has 0 heterocycles. The summed E-state index contributed by atoms with van der Waals surface area (Å²) in [5, 5.41) is 0. The van der Waals surface area contributed by atoms with Gasteiger partial charge in [0.05, 0.1) is 0 Å². The molecule has 0 atom stereocenters. The fourth-order valence-corrected chi connectivity index (χ4v) is 0. The van der Waals surface area contributed by atoms with Crippen LogP contribution in [0.15, 0.2) is 0 Å². The van der Waals surface area contributed by atoms with Crippen LogP contribution in [0.3, 0.4) is 0 Å². The fraction of sp³-hybridized carbons (Fsp3) is 0. The molecule has 4 heteroatoms. The van der Waals surface area contributed by atoms with E-state index in [1.165, 1.54) is 4.91 Å². The minimum absolute atomic E-state index is 0. The zero-order valence-electron chi connectivity index (χ0n) is 1.75. The van der Waals surface area contributed by atoms with Crippen LogP contribution < -0.4 is 0 Å². The fourth-order valence-electron chi connectivity index (χ4n) is 0. The van der Waals surface area contributed by atoms with Crippen LogP contribution in [0, 0.1) is 0 Å². The van der Waals surface area contributed by atoms with Gasteiger partial charge in [0.1, 0.15) is 0 Å². The van der Waals surface area contributed by atoms with Crippen molar-refractivity contribution >= 4 is 0 Å². The summed E-state index contributed by atoms with van der Waals surface area (Å²) in [5.41, 5.74) is 13.5. The van der Waals surface area contributed by atoms with Crippen LogP contribution in [0.1, 0.15) is 0 Å². The summed E-state index contributed by atoms with van der Waals surface area (Å²) in [7, 11) is 0. The summed E-state index contributed by atoms with van der Waals surface area (Å²) < 4.78 is 0. The van der Waals surface area contributed by atoms with Gasteiger partial charge in [-0.25, -0.2) is 0 Å². The molecule has 0 aromatic heterocycles. The van der Waals surface area contributed by atoms with Crippen molar-refractivity contribution in [2.75, 3.05) is 0 Å². The Labute approximate surface area is 34.2 Å². The van der Waals surface area contributed by atoms with E-state index >= 15 is 0 Å². The quantitative estimate of drug-likeness (QED) is 0.243. The molecule has 0 fully saturated rings. The van der Waals surface area contributed by atoms with E-state index in [2.05, 4.69) is 0 Å². The normalized spacial score (nSPS) is 2.00. The minimum Gasteiger partial charge on any atom is -0.373 e. The summed E-state index contributed by atoms with van der Waals surface area (Å²) in [6, 6.07) is 0. The molecule has 0 aliphatic carbocycles. The van der Waals surface area contributed by atoms with Gasteiger partial charge in [0, 0.05) is 17.4 Å². The Morgan fingerprint density at radius 1 is 1.25 bits per heavy atom. The van der Waals surface area contributed by atoms with Crippen molar-refractivity contribution in [3.8, 4) is 0 Å². The first kappa shape index (κ1) is 9.15. The number of nitrogens with zero attached hydrogens (tertiary/aromatic N) is 3. The van der Waals surface area contributed by atoms with Gasteiger partial charge in [0.25, 0.3) is 0 Å². The Balaban J connectivity index is 0. The molecular weight excluding hydrogens is 94.0 g/mol. The second-order valence-corrected chi connectivity index (χ2v) is 0.0894. The third-order valence-corrected chi connectivity index (χ3v) is 0. The van der Waals surface area contributed by atoms with Crippen LogP contribution in [0.4, 0.5) is 0 Å². The summed E-state index contributed by atoms with van der Waals surface area (Å²) in [6.07, 6.45) is 0. The molecule has 0 aromatic rings. The molecule has 0 aliphatic heterocycles. The second kappa shape index (κ2) is 13.6. The maximum atomic E-state index is 6.75. The van der Waals surface area contributed by atoms with E-state index in [1.807, 2.05) is 0 Å². The zero-order valence-corrected chi connectivity index (χ0v) is 3.02. The van der Waals surface area contributed by atoms with Crippen LogP contribution in [0.5, 0.6) is 0 Å². The van der Waals surface area contributed by atoms with Gasteiger partial charge in [-0.3, -0.25) is 4.91 Å². The summed E-state index contributed by atoms with van der Waals surface area (Å²) in [5.74, 6) is 0. The molecule has 0 bridgehead atoms. The summed E-state index contributed by atoms with van der Waals surface area (Å²) in [6.45, 7) is 0. The van der Waals surface area contributed by atoms with Crippen LogP contribution in [0.25, 0.3) is 16.0 Å². The van der Waals surface area contributed by atoms with Gasteiger partial charge in [-0.2, -0.15) is 0 Å². The average molecular weight is 94.0 g/mol. The molecule has 0 amide bonds. The third-order valence-electron chi connectivity index (χ3n) is 0. The van der Waals surface area contributed by atoms with Crippen LogP contribution >= 0.6 is 0 Å². The van der Waals surface area contributed by atoms with Crippen LogP contribution in [-0.4, -0.2) is 0 Å². The van der Waals surface area contributed by atoms with Crippen molar-refractivity contribution in [1.82, 2.24) is 0 Å². The van der Waals surface area contributed by atoms with Gasteiger partial charge >= 0.3 is 0 Å². The number of hydrogen-bond donors (Lipinski definition) is 0. The molecule has 3 nitrogen and oxygen atoms in total. The molecule has 0 saturated carbocycles. The summed E-state index contributed by atoms with van der Waals surface area (Å²) in [4.78, 5) is 1.50. The van der Waals surface area contributed by atoms with Gasteiger partial charge in [-0.1, -0.05) is 0 Å². The predicted molar refractivity (Wildman–Crippen MR) is 10.1 cm³/mol. The molecule has 0 unspecified atom stereocenters. The standard InChI is InChI=1S/Cr.N3/c;1-3-2/q;-1. The molecular formula is CrN3-. The van der Waals surface area contributed by atoms with Crippen molar-refractivity contribution in [2.45, 2.75) is 0 Å². The van der Waals surface area contributed by atoms with E-state index in [4.69, 9.17) is 11.1 Å². The number of rotatable bonds is 0. The van der Waals surface area contributed by atoms with Gasteiger partial charge in [0.15, 0.2) is 0 Å². The first-order valence-electron chi connectivity index (χ1n) is 0.400. The van der Waals surface area contributed by atoms with E-state index in [9.17, 15) is 0 Å². The van der Waals surface area contributed by atoms with Crippen molar-refractivity contribution in [3.05, 3.63) is 16.0 Å². The van der Waals surface area contributed by atoms with Crippen molar-refractivity contribution < 1.29 is 17.4 Å². The number of hydrogen-bond acceptors (Lipinski definition) is 0. The van der Waals surface area contributed by atoms with E-state index < -0.39 is 0 Å². The largest absolute Gasteiger partial charge is 0.373 e. The van der Waals surface area contributed by atoms with Crippen molar-refractivity contribution in [2.24, 2.45) is 0 Å². The third kappa shape index (κ3) is 52.7. The molecule has 0 N–H and O–H groups in total. The van der Waals surface area contributed by atoms with E-state index in [-0.39, 0.29) is 17.4 Å². The van der Waals surface area contributed by atoms with E-state index in [0.717, 1.165) is 0 Å². The van der Waals surface area contributed by atoms with E-state index in [0.29, 0.717) is 0 Å². The smallest absolute Gasteiger partial charge is 0 e. The molecule has 0 radical (unpaired) electrons. The minimum atomic E-state index is 0. The van der Waals surface area contributed by atoms with Crippen LogP contribution in [0.2, 0.25) is 0 Å². The van der Waals surface area contributed by atoms with E-state index in [1.54, 1.807) is 0 Å². The molecule has 0 aromatic carbocycles. The monoisotopic (exact) mass is 94.0 g/mol. The topological polar surface area (TPSA) is 58.7 Å². The average Bonchev–Trinajstić information content (AvgIpc) is 0.918. The Morgan fingerprint density at radius 2 is 1.25 bits per heavy atom. The van der Waals surface area contributed by atoms with Gasteiger partial charge in [-0.05, 0) is 0 Å². The van der Waals surface area contributed by atoms with Gasteiger partial charge in [-0.15, -0.1) is 0 Å². The van der Waals surface area contributed by atoms with Gasteiger partial charge < -0.3 is 11.1 Å². The maximum Gasteiger partial charge on any atom is 0 e. The molecule has 0 spiro atoms. The molecule has 4 heavy (non-hydrogen) atoms. The first-order chi connectivity index (χ1) is 1.41. The molecule has 0 aliphatic rings. The second-order valence-electron chi connectivity index (χ2n) is 0.0894. The Morgan fingerprint density at radius 3 is 1.25 bits per heavy atom. The molecule has 22 valence electrons. The van der Waals surface area contributed by atoms with Crippen LogP contribution in [-0.2, 0) is 17.4 Å².